The smallest absolute Gasteiger partial charge is 0.191 e. The molecule has 0 aliphatic carbocycles. The van der Waals surface area contributed by atoms with Gasteiger partial charge in [0.15, 0.2) is 5.96 Å². The lowest BCUT2D eigenvalue weighted by atomic mass is 10.1. The van der Waals surface area contributed by atoms with Crippen LogP contribution in [0.1, 0.15) is 16.7 Å². The first kappa shape index (κ1) is 21.1. The molecule has 2 N–H and O–H groups in total. The van der Waals surface area contributed by atoms with E-state index >= 15 is 0 Å². The fraction of sp³-hybridized carbons (Fsp3) is 0.435. The highest BCUT2D eigenvalue weighted by molar-refractivity contribution is 5.79. The molecule has 6 nitrogen and oxygen atoms in total. The zero-order chi connectivity index (χ0) is 20.3. The third-order valence-electron chi connectivity index (χ3n) is 5.08. The maximum absolute atomic E-state index is 5.41. The average molecular weight is 397 g/mol. The largest absolute Gasteiger partial charge is 0.497 e. The maximum Gasteiger partial charge on any atom is 0.191 e. The lowest BCUT2D eigenvalue weighted by molar-refractivity contribution is 0.0342. The van der Waals surface area contributed by atoms with E-state index in [-0.39, 0.29) is 0 Å². The van der Waals surface area contributed by atoms with Gasteiger partial charge in [-0.1, -0.05) is 36.4 Å². The summed E-state index contributed by atoms with van der Waals surface area (Å²) in [5, 5.41) is 6.75. The average Bonchev–Trinajstić information content (AvgIpc) is 2.78. The Balaban J connectivity index is 1.39. The van der Waals surface area contributed by atoms with Crippen LogP contribution >= 0.6 is 0 Å². The molecule has 1 heterocycles. The van der Waals surface area contributed by atoms with E-state index in [2.05, 4.69) is 56.9 Å². The van der Waals surface area contributed by atoms with E-state index in [1.165, 1.54) is 16.7 Å². The molecule has 0 aromatic heterocycles. The fourth-order valence-electron chi connectivity index (χ4n) is 3.30. The first-order valence-corrected chi connectivity index (χ1v) is 10.2. The molecule has 6 heteroatoms. The van der Waals surface area contributed by atoms with Crippen LogP contribution in [0.4, 0.5) is 0 Å². The van der Waals surface area contributed by atoms with Crippen molar-refractivity contribution in [2.24, 2.45) is 4.99 Å². The number of guanidine groups is 1. The molecule has 1 saturated heterocycles. The van der Waals surface area contributed by atoms with Gasteiger partial charge in [0.1, 0.15) is 5.75 Å². The quantitative estimate of drug-likeness (QED) is 0.530. The Kier molecular flexibility index (Phi) is 8.34. The standard InChI is InChI=1S/C23H32N4O2/c1-24-23(25-12-11-19-7-9-22(28-2)10-8-19)26-17-20-3-5-21(6-4-20)18-27-13-15-29-16-14-27/h3-10H,11-18H2,1-2H3,(H2,24,25,26). The number of methoxy groups -OCH3 is 1. The van der Waals surface area contributed by atoms with E-state index < -0.39 is 0 Å². The number of hydrogen-bond donors (Lipinski definition) is 2. The highest BCUT2D eigenvalue weighted by atomic mass is 16.5. The van der Waals surface area contributed by atoms with Gasteiger partial charge in [-0.25, -0.2) is 0 Å². The molecule has 0 atom stereocenters. The van der Waals surface area contributed by atoms with Crippen LogP contribution in [0.3, 0.4) is 0 Å². The molecular formula is C23H32N4O2. The lowest BCUT2D eigenvalue weighted by Crippen LogP contribution is -2.37. The SMILES string of the molecule is CN=C(NCCc1ccc(OC)cc1)NCc1ccc(CN2CCOCC2)cc1. The highest BCUT2D eigenvalue weighted by Gasteiger charge is 2.10. The van der Waals surface area contributed by atoms with Gasteiger partial charge in [0, 0.05) is 39.8 Å². The molecule has 3 rings (SSSR count). The van der Waals surface area contributed by atoms with Crippen molar-refractivity contribution in [3.63, 3.8) is 0 Å². The van der Waals surface area contributed by atoms with Crippen molar-refractivity contribution in [2.75, 3.05) is 47.0 Å². The minimum absolute atomic E-state index is 0.750. The maximum atomic E-state index is 5.41. The van der Waals surface area contributed by atoms with Gasteiger partial charge in [0.2, 0.25) is 0 Å². The van der Waals surface area contributed by atoms with Crippen LogP contribution in [0.25, 0.3) is 0 Å². The molecule has 2 aromatic rings. The highest BCUT2D eigenvalue weighted by Crippen LogP contribution is 2.11. The molecule has 0 radical (unpaired) electrons. The number of aliphatic imine (C=N–C) groups is 1. The Bertz CT molecular complexity index is 753. The predicted octanol–water partition coefficient (Wildman–Crippen LogP) is 2.44. The molecule has 0 amide bonds. The molecule has 1 fully saturated rings. The Morgan fingerprint density at radius 3 is 2.28 bits per heavy atom. The Labute approximate surface area is 173 Å². The first-order chi connectivity index (χ1) is 14.3. The van der Waals surface area contributed by atoms with E-state index in [4.69, 9.17) is 9.47 Å². The molecule has 1 aliphatic rings. The van der Waals surface area contributed by atoms with Gasteiger partial charge in [-0.15, -0.1) is 0 Å². The van der Waals surface area contributed by atoms with Crippen LogP contribution in [0.15, 0.2) is 53.5 Å². The predicted molar refractivity (Wildman–Crippen MR) is 117 cm³/mol. The number of hydrogen-bond acceptors (Lipinski definition) is 4. The minimum Gasteiger partial charge on any atom is -0.497 e. The number of morpholine rings is 1. The van der Waals surface area contributed by atoms with Crippen molar-refractivity contribution in [3.05, 3.63) is 65.2 Å². The molecule has 0 bridgehead atoms. The second-order valence-corrected chi connectivity index (χ2v) is 7.16. The molecule has 0 spiro atoms. The van der Waals surface area contributed by atoms with Crippen molar-refractivity contribution in [1.29, 1.82) is 0 Å². The number of ether oxygens (including phenoxy) is 2. The van der Waals surface area contributed by atoms with Gasteiger partial charge >= 0.3 is 0 Å². The van der Waals surface area contributed by atoms with Gasteiger partial charge in [-0.2, -0.15) is 0 Å². The van der Waals surface area contributed by atoms with Gasteiger partial charge in [-0.3, -0.25) is 9.89 Å². The van der Waals surface area contributed by atoms with Crippen molar-refractivity contribution in [2.45, 2.75) is 19.5 Å². The van der Waals surface area contributed by atoms with Gasteiger partial charge < -0.3 is 20.1 Å². The van der Waals surface area contributed by atoms with Crippen molar-refractivity contribution < 1.29 is 9.47 Å². The van der Waals surface area contributed by atoms with Crippen molar-refractivity contribution in [3.8, 4) is 5.75 Å². The van der Waals surface area contributed by atoms with E-state index in [0.29, 0.717) is 0 Å². The van der Waals surface area contributed by atoms with Crippen LogP contribution in [-0.4, -0.2) is 57.9 Å². The van der Waals surface area contributed by atoms with Crippen LogP contribution in [-0.2, 0) is 24.2 Å². The van der Waals surface area contributed by atoms with Crippen molar-refractivity contribution in [1.82, 2.24) is 15.5 Å². The zero-order valence-electron chi connectivity index (χ0n) is 17.5. The minimum atomic E-state index is 0.750. The molecule has 0 unspecified atom stereocenters. The Morgan fingerprint density at radius 1 is 0.966 bits per heavy atom. The first-order valence-electron chi connectivity index (χ1n) is 10.2. The molecule has 156 valence electrons. The number of rotatable bonds is 8. The fourth-order valence-corrected chi connectivity index (χ4v) is 3.30. The third-order valence-corrected chi connectivity index (χ3v) is 5.08. The van der Waals surface area contributed by atoms with Crippen LogP contribution in [0.5, 0.6) is 5.75 Å². The number of nitrogens with zero attached hydrogens (tertiary/aromatic N) is 2. The summed E-state index contributed by atoms with van der Waals surface area (Å²) in [6, 6.07) is 17.0. The second kappa shape index (κ2) is 11.4. The van der Waals surface area contributed by atoms with E-state index in [9.17, 15) is 0 Å². The molecule has 29 heavy (non-hydrogen) atoms. The molecule has 2 aromatic carbocycles. The summed E-state index contributed by atoms with van der Waals surface area (Å²) >= 11 is 0. The topological polar surface area (TPSA) is 58.1 Å². The summed E-state index contributed by atoms with van der Waals surface area (Å²) in [7, 11) is 3.48. The van der Waals surface area contributed by atoms with E-state index in [1.54, 1.807) is 14.2 Å². The summed E-state index contributed by atoms with van der Waals surface area (Å²) in [5.74, 6) is 1.70. The number of benzene rings is 2. The zero-order valence-corrected chi connectivity index (χ0v) is 17.5. The van der Waals surface area contributed by atoms with E-state index in [1.807, 2.05) is 12.1 Å². The van der Waals surface area contributed by atoms with Gasteiger partial charge in [0.25, 0.3) is 0 Å². The summed E-state index contributed by atoms with van der Waals surface area (Å²) in [6.07, 6.45) is 0.931. The van der Waals surface area contributed by atoms with Crippen molar-refractivity contribution >= 4 is 5.96 Å². The summed E-state index contributed by atoms with van der Waals surface area (Å²) in [5.41, 5.74) is 3.86. The van der Waals surface area contributed by atoms with Crippen LogP contribution < -0.4 is 15.4 Å². The van der Waals surface area contributed by atoms with E-state index in [0.717, 1.165) is 64.1 Å². The summed E-state index contributed by atoms with van der Waals surface area (Å²) < 4.78 is 10.6. The Hall–Kier alpha value is -2.57. The monoisotopic (exact) mass is 396 g/mol. The van der Waals surface area contributed by atoms with Gasteiger partial charge in [0.05, 0.1) is 20.3 Å². The molecule has 0 saturated carbocycles. The third kappa shape index (κ3) is 7.07. The summed E-state index contributed by atoms with van der Waals surface area (Å²) in [6.45, 7) is 6.28. The van der Waals surface area contributed by atoms with Crippen LogP contribution in [0, 0.1) is 0 Å². The molecule has 1 aliphatic heterocycles. The lowest BCUT2D eigenvalue weighted by Gasteiger charge is -2.26. The normalized spacial score (nSPS) is 15.2. The molecular weight excluding hydrogens is 364 g/mol. The Morgan fingerprint density at radius 2 is 1.62 bits per heavy atom. The van der Waals surface area contributed by atoms with Crippen LogP contribution in [0.2, 0.25) is 0 Å². The van der Waals surface area contributed by atoms with Gasteiger partial charge in [-0.05, 0) is 35.2 Å². The number of nitrogens with one attached hydrogen (secondary N) is 2. The summed E-state index contributed by atoms with van der Waals surface area (Å²) in [4.78, 5) is 6.75. The second-order valence-electron chi connectivity index (χ2n) is 7.16.